The molecule has 1 heterocycles. The van der Waals surface area contributed by atoms with E-state index in [9.17, 15) is 0 Å². The van der Waals surface area contributed by atoms with E-state index in [4.69, 9.17) is 0 Å². The molecule has 0 aromatic carbocycles. The Hall–Kier alpha value is -0.830. The maximum Gasteiger partial charge on any atom is 0.0596 e. The number of hydrogen-bond donors (Lipinski definition) is 1. The highest BCUT2D eigenvalue weighted by molar-refractivity contribution is 5.07. The Morgan fingerprint density at radius 2 is 2.12 bits per heavy atom. The average molecular weight is 221 g/mol. The second kappa shape index (κ2) is 4.58. The van der Waals surface area contributed by atoms with Crippen molar-refractivity contribution in [3.63, 3.8) is 0 Å². The molecule has 0 saturated heterocycles. The van der Waals surface area contributed by atoms with Gasteiger partial charge < -0.3 is 5.32 Å². The minimum absolute atomic E-state index is 0.472. The molecule has 90 valence electrons. The molecule has 1 fully saturated rings. The molecule has 2 atom stereocenters. The predicted octanol–water partition coefficient (Wildman–Crippen LogP) is 2.45. The minimum atomic E-state index is 0.472. The van der Waals surface area contributed by atoms with Crippen LogP contribution in [0.1, 0.15) is 44.1 Å². The van der Waals surface area contributed by atoms with Crippen molar-refractivity contribution < 1.29 is 0 Å². The number of aromatic nitrogens is 2. The Morgan fingerprint density at radius 3 is 2.62 bits per heavy atom. The summed E-state index contributed by atoms with van der Waals surface area (Å²) in [5, 5.41) is 8.16. The summed E-state index contributed by atoms with van der Waals surface area (Å²) in [6.45, 7) is 9.86. The second-order valence-electron chi connectivity index (χ2n) is 5.27. The Kier molecular flexibility index (Phi) is 3.33. The van der Waals surface area contributed by atoms with E-state index in [1.807, 2.05) is 0 Å². The van der Waals surface area contributed by atoms with Crippen molar-refractivity contribution in [1.82, 2.24) is 15.1 Å². The van der Waals surface area contributed by atoms with Crippen molar-refractivity contribution in [2.45, 2.75) is 52.6 Å². The van der Waals surface area contributed by atoms with Crippen LogP contribution in [-0.4, -0.2) is 22.4 Å². The molecule has 3 nitrogen and oxygen atoms in total. The number of aryl methyl sites for hydroxylation is 2. The van der Waals surface area contributed by atoms with Crippen LogP contribution in [0.2, 0.25) is 0 Å². The van der Waals surface area contributed by atoms with Gasteiger partial charge >= 0.3 is 0 Å². The zero-order valence-electron chi connectivity index (χ0n) is 10.8. The smallest absolute Gasteiger partial charge is 0.0596 e. The number of rotatable bonds is 5. The van der Waals surface area contributed by atoms with Gasteiger partial charge in [-0.25, -0.2) is 0 Å². The number of hydrogen-bond acceptors (Lipinski definition) is 2. The van der Waals surface area contributed by atoms with Crippen LogP contribution in [0, 0.1) is 19.8 Å². The molecule has 0 bridgehead atoms. The summed E-state index contributed by atoms with van der Waals surface area (Å²) >= 11 is 0. The fourth-order valence-electron chi connectivity index (χ4n) is 2.11. The van der Waals surface area contributed by atoms with Crippen LogP contribution in [-0.2, 0) is 0 Å². The molecule has 2 unspecified atom stereocenters. The van der Waals surface area contributed by atoms with Crippen molar-refractivity contribution in [3.8, 4) is 0 Å². The molecule has 1 aromatic heterocycles. The van der Waals surface area contributed by atoms with Gasteiger partial charge in [0, 0.05) is 11.7 Å². The van der Waals surface area contributed by atoms with Gasteiger partial charge in [0.15, 0.2) is 0 Å². The van der Waals surface area contributed by atoms with Crippen LogP contribution < -0.4 is 5.32 Å². The summed E-state index contributed by atoms with van der Waals surface area (Å²) in [6, 6.07) is 3.42. The normalized spacial score (nSPS) is 19.8. The third kappa shape index (κ3) is 2.64. The molecule has 1 aromatic rings. The highest BCUT2D eigenvalue weighted by Crippen LogP contribution is 2.22. The molecule has 0 aliphatic heterocycles. The molecule has 0 amide bonds. The van der Waals surface area contributed by atoms with Crippen molar-refractivity contribution >= 4 is 0 Å². The van der Waals surface area contributed by atoms with E-state index >= 15 is 0 Å². The quantitative estimate of drug-likeness (QED) is 0.827. The fourth-order valence-corrected chi connectivity index (χ4v) is 2.11. The van der Waals surface area contributed by atoms with Crippen LogP contribution >= 0.6 is 0 Å². The molecule has 3 heteroatoms. The van der Waals surface area contributed by atoms with E-state index in [0.717, 1.165) is 18.3 Å². The molecule has 1 N–H and O–H groups in total. The van der Waals surface area contributed by atoms with Crippen LogP contribution in [0.4, 0.5) is 0 Å². The largest absolute Gasteiger partial charge is 0.314 e. The SMILES string of the molecule is Cc1cc(C)n(C(C)C(C)CNC2CC2)n1. The van der Waals surface area contributed by atoms with E-state index in [-0.39, 0.29) is 0 Å². The molecule has 2 rings (SSSR count). The lowest BCUT2D eigenvalue weighted by atomic mass is 10.0. The van der Waals surface area contributed by atoms with Crippen LogP contribution in [0.5, 0.6) is 0 Å². The first kappa shape index (κ1) is 11.6. The Labute approximate surface area is 98.2 Å². The third-order valence-electron chi connectivity index (χ3n) is 3.56. The maximum absolute atomic E-state index is 4.56. The zero-order chi connectivity index (χ0) is 11.7. The summed E-state index contributed by atoms with van der Waals surface area (Å²) in [7, 11) is 0. The molecular formula is C13H23N3. The Bertz CT molecular complexity index is 352. The van der Waals surface area contributed by atoms with Crippen molar-refractivity contribution in [2.24, 2.45) is 5.92 Å². The summed E-state index contributed by atoms with van der Waals surface area (Å²) in [6.07, 6.45) is 2.72. The maximum atomic E-state index is 4.56. The van der Waals surface area contributed by atoms with Crippen LogP contribution in [0.25, 0.3) is 0 Å². The summed E-state index contributed by atoms with van der Waals surface area (Å²) < 4.78 is 2.16. The number of nitrogens with zero attached hydrogens (tertiary/aromatic N) is 2. The van der Waals surface area contributed by atoms with Gasteiger partial charge in [0.05, 0.1) is 11.7 Å². The predicted molar refractivity (Wildman–Crippen MR) is 66.6 cm³/mol. The average Bonchev–Trinajstić information content (AvgIpc) is 2.99. The molecule has 1 aliphatic carbocycles. The van der Waals surface area contributed by atoms with Crippen LogP contribution in [0.15, 0.2) is 6.07 Å². The Morgan fingerprint density at radius 1 is 1.44 bits per heavy atom. The first-order valence-corrected chi connectivity index (χ1v) is 6.34. The summed E-state index contributed by atoms with van der Waals surface area (Å²) in [5.74, 6) is 0.624. The van der Waals surface area contributed by atoms with Crippen molar-refractivity contribution in [1.29, 1.82) is 0 Å². The first-order chi connectivity index (χ1) is 7.58. The Balaban J connectivity index is 1.93. The lowest BCUT2D eigenvalue weighted by Crippen LogP contribution is -2.29. The lowest BCUT2D eigenvalue weighted by molar-refractivity contribution is 0.331. The summed E-state index contributed by atoms with van der Waals surface area (Å²) in [5.41, 5.74) is 2.38. The van der Waals surface area contributed by atoms with E-state index in [0.29, 0.717) is 12.0 Å². The molecule has 0 spiro atoms. The van der Waals surface area contributed by atoms with E-state index in [1.165, 1.54) is 18.5 Å². The van der Waals surface area contributed by atoms with Crippen LogP contribution in [0.3, 0.4) is 0 Å². The van der Waals surface area contributed by atoms with Crippen molar-refractivity contribution in [2.75, 3.05) is 6.54 Å². The topological polar surface area (TPSA) is 29.9 Å². The van der Waals surface area contributed by atoms with Gasteiger partial charge in [0.2, 0.25) is 0 Å². The van der Waals surface area contributed by atoms with Gasteiger partial charge in [-0.05, 0) is 52.1 Å². The van der Waals surface area contributed by atoms with Crippen molar-refractivity contribution in [3.05, 3.63) is 17.5 Å². The second-order valence-corrected chi connectivity index (χ2v) is 5.27. The molecule has 0 radical (unpaired) electrons. The van der Waals surface area contributed by atoms with Gasteiger partial charge in [0.25, 0.3) is 0 Å². The van der Waals surface area contributed by atoms with Gasteiger partial charge in [-0.2, -0.15) is 5.10 Å². The molecular weight excluding hydrogens is 198 g/mol. The van der Waals surface area contributed by atoms with E-state index < -0.39 is 0 Å². The highest BCUT2D eigenvalue weighted by atomic mass is 15.3. The molecule has 1 saturated carbocycles. The van der Waals surface area contributed by atoms with E-state index in [1.54, 1.807) is 0 Å². The summed E-state index contributed by atoms with van der Waals surface area (Å²) in [4.78, 5) is 0. The fraction of sp³-hybridized carbons (Fsp3) is 0.769. The molecule has 1 aliphatic rings. The van der Waals surface area contributed by atoms with E-state index in [2.05, 4.69) is 48.9 Å². The standard InChI is InChI=1S/C13H23N3/c1-9(8-14-13-5-6-13)12(4)16-11(3)7-10(2)15-16/h7,9,12-14H,5-6,8H2,1-4H3. The number of nitrogens with one attached hydrogen (secondary N) is 1. The third-order valence-corrected chi connectivity index (χ3v) is 3.56. The first-order valence-electron chi connectivity index (χ1n) is 6.34. The van der Waals surface area contributed by atoms with Gasteiger partial charge in [-0.1, -0.05) is 6.92 Å². The monoisotopic (exact) mass is 221 g/mol. The van der Waals surface area contributed by atoms with Gasteiger partial charge in [-0.3, -0.25) is 4.68 Å². The zero-order valence-corrected chi connectivity index (χ0v) is 10.8. The highest BCUT2D eigenvalue weighted by Gasteiger charge is 2.23. The van der Waals surface area contributed by atoms with Gasteiger partial charge in [0.1, 0.15) is 0 Å². The lowest BCUT2D eigenvalue weighted by Gasteiger charge is -2.22. The molecule has 16 heavy (non-hydrogen) atoms. The minimum Gasteiger partial charge on any atom is -0.314 e. The van der Waals surface area contributed by atoms with Gasteiger partial charge in [-0.15, -0.1) is 0 Å².